The van der Waals surface area contributed by atoms with E-state index in [2.05, 4.69) is 30.2 Å². The van der Waals surface area contributed by atoms with Gasteiger partial charge in [0.1, 0.15) is 23.1 Å². The van der Waals surface area contributed by atoms with Crippen LogP contribution in [-0.2, 0) is 5.41 Å². The van der Waals surface area contributed by atoms with Crippen molar-refractivity contribution in [3.05, 3.63) is 36.2 Å². The van der Waals surface area contributed by atoms with Gasteiger partial charge >= 0.3 is 6.01 Å². The van der Waals surface area contributed by atoms with E-state index in [-0.39, 0.29) is 23.3 Å². The molecule has 4 N–H and O–H groups in total. The van der Waals surface area contributed by atoms with Crippen molar-refractivity contribution >= 4 is 33.4 Å². The number of aromatic nitrogens is 5. The minimum Gasteiger partial charge on any atom is -0.421 e. The Kier molecular flexibility index (Phi) is 5.04. The standard InChI is InChI=1S/C23H27FN8O/c1-23(2,3)21-27-9-14(10-28-21)33-22-30-19-17(20(31-22)32-6-5-13(25)11-32)15-7-12(24)8-16(26-4)18(15)29-19/h7-10,13,26H,5-6,11,25H2,1-4H3,(H,29,30,31)/t13-/m1/s1. The first-order valence-corrected chi connectivity index (χ1v) is 10.9. The molecule has 0 bridgehead atoms. The van der Waals surface area contributed by atoms with Gasteiger partial charge in [-0.2, -0.15) is 9.97 Å². The number of halogens is 1. The molecule has 9 nitrogen and oxygen atoms in total. The summed E-state index contributed by atoms with van der Waals surface area (Å²) in [7, 11) is 1.75. The lowest BCUT2D eigenvalue weighted by Crippen LogP contribution is -2.27. The minimum absolute atomic E-state index is 0.0486. The van der Waals surface area contributed by atoms with Crippen molar-refractivity contribution in [1.29, 1.82) is 0 Å². The van der Waals surface area contributed by atoms with Gasteiger partial charge in [0.25, 0.3) is 0 Å². The first-order valence-electron chi connectivity index (χ1n) is 10.9. The molecule has 1 aromatic carbocycles. The van der Waals surface area contributed by atoms with E-state index < -0.39 is 0 Å². The number of ether oxygens (including phenoxy) is 1. The molecule has 1 fully saturated rings. The molecule has 0 unspecified atom stereocenters. The predicted octanol–water partition coefficient (Wildman–Crippen LogP) is 3.71. The quantitative estimate of drug-likeness (QED) is 0.431. The Morgan fingerprint density at radius 2 is 1.97 bits per heavy atom. The summed E-state index contributed by atoms with van der Waals surface area (Å²) in [5, 5.41) is 4.48. The largest absolute Gasteiger partial charge is 0.421 e. The SMILES string of the molecule is CNc1cc(F)cc2c1[nH]c1nc(Oc3cnc(C(C)(C)C)nc3)nc(N3CC[C@@H](N)C3)c12. The number of H-pyrrole nitrogens is 1. The third-order valence-corrected chi connectivity index (χ3v) is 5.79. The average molecular weight is 451 g/mol. The molecule has 10 heteroatoms. The van der Waals surface area contributed by atoms with Gasteiger partial charge < -0.3 is 25.7 Å². The van der Waals surface area contributed by atoms with Crippen molar-refractivity contribution in [3.8, 4) is 11.8 Å². The van der Waals surface area contributed by atoms with Crippen LogP contribution in [-0.4, -0.2) is 51.1 Å². The molecule has 0 saturated carbocycles. The summed E-state index contributed by atoms with van der Waals surface area (Å²) in [5.41, 5.74) is 7.95. The van der Waals surface area contributed by atoms with E-state index in [0.29, 0.717) is 34.8 Å². The smallest absolute Gasteiger partial charge is 0.326 e. The highest BCUT2D eigenvalue weighted by Crippen LogP contribution is 2.38. The van der Waals surface area contributed by atoms with Crippen LogP contribution in [0.2, 0.25) is 0 Å². The zero-order valence-electron chi connectivity index (χ0n) is 19.1. The van der Waals surface area contributed by atoms with Gasteiger partial charge in [-0.25, -0.2) is 14.4 Å². The monoisotopic (exact) mass is 450 g/mol. The Morgan fingerprint density at radius 3 is 2.61 bits per heavy atom. The Balaban J connectivity index is 1.64. The molecule has 1 aliphatic rings. The number of hydrogen-bond acceptors (Lipinski definition) is 8. The van der Waals surface area contributed by atoms with Gasteiger partial charge in [-0.1, -0.05) is 20.8 Å². The summed E-state index contributed by atoms with van der Waals surface area (Å²) >= 11 is 0. The normalized spacial score (nSPS) is 16.7. The lowest BCUT2D eigenvalue weighted by Gasteiger charge is -2.19. The number of benzene rings is 1. The third-order valence-electron chi connectivity index (χ3n) is 5.79. The van der Waals surface area contributed by atoms with Crippen LogP contribution in [0.1, 0.15) is 33.0 Å². The molecule has 0 aliphatic carbocycles. The molecule has 172 valence electrons. The van der Waals surface area contributed by atoms with E-state index in [4.69, 9.17) is 15.5 Å². The molecule has 5 rings (SSSR count). The van der Waals surface area contributed by atoms with Gasteiger partial charge in [-0.3, -0.25) is 0 Å². The number of nitrogens with two attached hydrogens (primary N) is 1. The van der Waals surface area contributed by atoms with Crippen molar-refractivity contribution < 1.29 is 9.13 Å². The molecule has 0 radical (unpaired) electrons. The second-order valence-electron chi connectivity index (χ2n) is 9.39. The van der Waals surface area contributed by atoms with Gasteiger partial charge in [-0.05, 0) is 18.6 Å². The lowest BCUT2D eigenvalue weighted by molar-refractivity contribution is 0.435. The fourth-order valence-electron chi connectivity index (χ4n) is 4.14. The summed E-state index contributed by atoms with van der Waals surface area (Å²) in [5.74, 6) is 1.47. The fourth-order valence-corrected chi connectivity index (χ4v) is 4.14. The van der Waals surface area contributed by atoms with Crippen molar-refractivity contribution in [3.63, 3.8) is 0 Å². The Labute approximate surface area is 190 Å². The van der Waals surface area contributed by atoms with E-state index in [1.165, 1.54) is 12.1 Å². The zero-order chi connectivity index (χ0) is 23.3. The number of nitrogens with one attached hydrogen (secondary N) is 2. The van der Waals surface area contributed by atoms with Crippen LogP contribution in [0.15, 0.2) is 24.5 Å². The Morgan fingerprint density at radius 1 is 1.21 bits per heavy atom. The second-order valence-corrected chi connectivity index (χ2v) is 9.39. The fraction of sp³-hybridized carbons (Fsp3) is 0.391. The maximum atomic E-state index is 14.4. The Hall–Kier alpha value is -3.53. The number of nitrogens with zero attached hydrogens (tertiary/aromatic N) is 5. The summed E-state index contributed by atoms with van der Waals surface area (Å²) in [4.78, 5) is 23.5. The molecule has 1 saturated heterocycles. The van der Waals surface area contributed by atoms with Crippen LogP contribution in [0.25, 0.3) is 21.9 Å². The summed E-state index contributed by atoms with van der Waals surface area (Å²) in [6, 6.07) is 3.15. The number of anilines is 2. The number of fused-ring (bicyclic) bond motifs is 3. The lowest BCUT2D eigenvalue weighted by atomic mass is 9.96. The topological polar surface area (TPSA) is 118 Å². The molecule has 4 aromatic rings. The van der Waals surface area contributed by atoms with Gasteiger partial charge in [0.05, 0.1) is 29.0 Å². The van der Waals surface area contributed by atoms with Crippen molar-refractivity contribution in [2.45, 2.75) is 38.6 Å². The molecule has 1 atom stereocenters. The Bertz CT molecular complexity index is 1330. The van der Waals surface area contributed by atoms with E-state index in [1.807, 2.05) is 20.8 Å². The molecule has 3 aromatic heterocycles. The third kappa shape index (κ3) is 3.91. The van der Waals surface area contributed by atoms with Crippen LogP contribution in [0.3, 0.4) is 0 Å². The first kappa shape index (κ1) is 21.3. The van der Waals surface area contributed by atoms with Gasteiger partial charge in [-0.15, -0.1) is 0 Å². The molecule has 0 spiro atoms. The summed E-state index contributed by atoms with van der Waals surface area (Å²) in [6.07, 6.45) is 4.08. The molecular formula is C23H27FN8O. The van der Waals surface area contributed by atoms with Gasteiger partial charge in [0, 0.05) is 37.0 Å². The van der Waals surface area contributed by atoms with Crippen LogP contribution in [0.4, 0.5) is 15.9 Å². The van der Waals surface area contributed by atoms with E-state index in [0.717, 1.165) is 29.7 Å². The highest BCUT2D eigenvalue weighted by Gasteiger charge is 2.26. The predicted molar refractivity (Wildman–Crippen MR) is 127 cm³/mol. The number of hydrogen-bond donors (Lipinski definition) is 3. The number of rotatable bonds is 4. The highest BCUT2D eigenvalue weighted by atomic mass is 19.1. The second kappa shape index (κ2) is 7.80. The van der Waals surface area contributed by atoms with E-state index in [9.17, 15) is 4.39 Å². The van der Waals surface area contributed by atoms with Crippen LogP contribution in [0, 0.1) is 5.82 Å². The van der Waals surface area contributed by atoms with Gasteiger partial charge in [0.2, 0.25) is 0 Å². The highest BCUT2D eigenvalue weighted by molar-refractivity contribution is 6.14. The van der Waals surface area contributed by atoms with Gasteiger partial charge in [0.15, 0.2) is 5.75 Å². The maximum absolute atomic E-state index is 14.4. The average Bonchev–Trinajstić information content (AvgIpc) is 3.36. The van der Waals surface area contributed by atoms with Crippen molar-refractivity contribution in [1.82, 2.24) is 24.9 Å². The van der Waals surface area contributed by atoms with Crippen LogP contribution in [0.5, 0.6) is 11.8 Å². The minimum atomic E-state index is -0.340. The molecule has 4 heterocycles. The van der Waals surface area contributed by atoms with Crippen LogP contribution < -0.4 is 20.7 Å². The molecule has 0 amide bonds. The molecular weight excluding hydrogens is 423 g/mol. The van der Waals surface area contributed by atoms with Crippen molar-refractivity contribution in [2.24, 2.45) is 5.73 Å². The first-order chi connectivity index (χ1) is 15.7. The van der Waals surface area contributed by atoms with Crippen molar-refractivity contribution in [2.75, 3.05) is 30.4 Å². The summed E-state index contributed by atoms with van der Waals surface area (Å²) < 4.78 is 20.3. The van der Waals surface area contributed by atoms with E-state index >= 15 is 0 Å². The molecule has 1 aliphatic heterocycles. The molecule has 33 heavy (non-hydrogen) atoms. The maximum Gasteiger partial charge on any atom is 0.326 e. The number of aromatic amines is 1. The van der Waals surface area contributed by atoms with Crippen LogP contribution >= 0.6 is 0 Å². The van der Waals surface area contributed by atoms with E-state index in [1.54, 1.807) is 19.4 Å². The zero-order valence-corrected chi connectivity index (χ0v) is 19.1. The summed E-state index contributed by atoms with van der Waals surface area (Å²) in [6.45, 7) is 7.54.